The van der Waals surface area contributed by atoms with Gasteiger partial charge in [0.15, 0.2) is 0 Å². The van der Waals surface area contributed by atoms with Gasteiger partial charge < -0.3 is 10.6 Å². The normalized spacial score (nSPS) is 14.8. The van der Waals surface area contributed by atoms with Crippen molar-refractivity contribution in [2.24, 2.45) is 5.92 Å². The Kier molecular flexibility index (Phi) is 9.73. The fourth-order valence-corrected chi connectivity index (χ4v) is 2.58. The third kappa shape index (κ3) is 8.57. The molecule has 0 aromatic heterocycles. The second kappa shape index (κ2) is 11.1. The zero-order chi connectivity index (χ0) is 14.6. The molecule has 0 aromatic carbocycles. The van der Waals surface area contributed by atoms with E-state index in [2.05, 4.69) is 24.5 Å². The molecule has 1 saturated carbocycles. The Morgan fingerprint density at radius 3 is 2.10 bits per heavy atom. The first-order valence-corrected chi connectivity index (χ1v) is 8.79. The highest BCUT2D eigenvalue weighted by molar-refractivity contribution is 5.80. The van der Waals surface area contributed by atoms with E-state index in [1.165, 1.54) is 51.4 Å². The third-order valence-electron chi connectivity index (χ3n) is 4.12. The van der Waals surface area contributed by atoms with Crippen LogP contribution in [0.3, 0.4) is 0 Å². The zero-order valence-corrected chi connectivity index (χ0v) is 13.5. The Labute approximate surface area is 125 Å². The number of amides is 1. The summed E-state index contributed by atoms with van der Waals surface area (Å²) in [5.41, 5.74) is 0. The number of unbranched alkanes of at least 4 members (excludes halogenated alkanes) is 4. The van der Waals surface area contributed by atoms with E-state index < -0.39 is 0 Å². The van der Waals surface area contributed by atoms with Crippen molar-refractivity contribution in [2.45, 2.75) is 84.1 Å². The molecular weight excluding hydrogens is 248 g/mol. The molecule has 1 rings (SSSR count). The van der Waals surface area contributed by atoms with Crippen molar-refractivity contribution in [1.29, 1.82) is 0 Å². The number of carbonyl (C=O) groups excluding carboxylic acids is 1. The van der Waals surface area contributed by atoms with Crippen LogP contribution >= 0.6 is 0 Å². The molecule has 3 nitrogen and oxygen atoms in total. The van der Waals surface area contributed by atoms with Crippen LogP contribution in [0.2, 0.25) is 0 Å². The second-order valence-electron chi connectivity index (χ2n) is 6.21. The van der Waals surface area contributed by atoms with Crippen LogP contribution < -0.4 is 10.6 Å². The molecule has 0 atom stereocenters. The molecule has 1 aliphatic rings. The van der Waals surface area contributed by atoms with Gasteiger partial charge in [0.25, 0.3) is 0 Å². The quantitative estimate of drug-likeness (QED) is 0.506. The molecule has 0 aliphatic heterocycles. The standard InChI is InChI=1S/C17H34N2O/c1-3-5-7-9-16(10-8-6-4-2)18-13-14-19-17(20)15-11-12-15/h15-16,18H,3-14H2,1-2H3,(H,19,20). The first-order valence-electron chi connectivity index (χ1n) is 8.79. The Balaban J connectivity index is 2.07. The van der Waals surface area contributed by atoms with Gasteiger partial charge in [-0.3, -0.25) is 4.79 Å². The SMILES string of the molecule is CCCCCC(CCCCC)NCCNC(=O)C1CC1. The summed E-state index contributed by atoms with van der Waals surface area (Å²) < 4.78 is 0. The summed E-state index contributed by atoms with van der Waals surface area (Å²) in [6, 6.07) is 0.644. The van der Waals surface area contributed by atoms with Crippen LogP contribution in [0.25, 0.3) is 0 Å². The van der Waals surface area contributed by atoms with E-state index in [9.17, 15) is 4.79 Å². The minimum atomic E-state index is 0.264. The Hall–Kier alpha value is -0.570. The van der Waals surface area contributed by atoms with E-state index in [4.69, 9.17) is 0 Å². The Bertz CT molecular complexity index is 241. The molecule has 1 amide bonds. The summed E-state index contributed by atoms with van der Waals surface area (Å²) >= 11 is 0. The Morgan fingerprint density at radius 1 is 1.00 bits per heavy atom. The van der Waals surface area contributed by atoms with Gasteiger partial charge in [-0.25, -0.2) is 0 Å². The third-order valence-corrected chi connectivity index (χ3v) is 4.12. The lowest BCUT2D eigenvalue weighted by Gasteiger charge is -2.19. The van der Waals surface area contributed by atoms with E-state index in [-0.39, 0.29) is 5.91 Å². The molecule has 0 bridgehead atoms. The fraction of sp³-hybridized carbons (Fsp3) is 0.941. The van der Waals surface area contributed by atoms with E-state index in [1.807, 2.05) is 0 Å². The molecule has 0 spiro atoms. The molecule has 0 heterocycles. The summed E-state index contributed by atoms with van der Waals surface area (Å²) in [5, 5.41) is 6.67. The van der Waals surface area contributed by atoms with Gasteiger partial charge in [0.05, 0.1) is 0 Å². The van der Waals surface area contributed by atoms with Gasteiger partial charge in [0.1, 0.15) is 0 Å². The van der Waals surface area contributed by atoms with E-state index >= 15 is 0 Å². The van der Waals surface area contributed by atoms with Crippen molar-refractivity contribution in [2.75, 3.05) is 13.1 Å². The van der Waals surface area contributed by atoms with Crippen molar-refractivity contribution in [3.63, 3.8) is 0 Å². The van der Waals surface area contributed by atoms with Crippen molar-refractivity contribution < 1.29 is 4.79 Å². The van der Waals surface area contributed by atoms with Gasteiger partial charge in [0, 0.05) is 25.0 Å². The predicted octanol–water partition coefficient (Wildman–Crippen LogP) is 3.63. The largest absolute Gasteiger partial charge is 0.355 e. The smallest absolute Gasteiger partial charge is 0.223 e. The minimum Gasteiger partial charge on any atom is -0.355 e. The highest BCUT2D eigenvalue weighted by Crippen LogP contribution is 2.28. The molecule has 0 unspecified atom stereocenters. The number of hydrogen-bond acceptors (Lipinski definition) is 2. The average molecular weight is 282 g/mol. The van der Waals surface area contributed by atoms with Gasteiger partial charge in [-0.2, -0.15) is 0 Å². The predicted molar refractivity (Wildman–Crippen MR) is 85.8 cm³/mol. The monoisotopic (exact) mass is 282 g/mol. The molecule has 0 saturated heterocycles. The second-order valence-corrected chi connectivity index (χ2v) is 6.21. The van der Waals surface area contributed by atoms with Crippen LogP contribution in [0.1, 0.15) is 78.1 Å². The molecule has 2 N–H and O–H groups in total. The van der Waals surface area contributed by atoms with E-state index in [0.717, 1.165) is 25.9 Å². The number of carbonyl (C=O) groups is 1. The van der Waals surface area contributed by atoms with Gasteiger partial charge in [-0.1, -0.05) is 52.4 Å². The molecule has 3 heteroatoms. The maximum atomic E-state index is 11.5. The van der Waals surface area contributed by atoms with E-state index in [1.54, 1.807) is 0 Å². The van der Waals surface area contributed by atoms with Crippen molar-refractivity contribution in [3.05, 3.63) is 0 Å². The van der Waals surface area contributed by atoms with Gasteiger partial charge >= 0.3 is 0 Å². The lowest BCUT2D eigenvalue weighted by Crippen LogP contribution is -2.37. The van der Waals surface area contributed by atoms with Crippen molar-refractivity contribution in [3.8, 4) is 0 Å². The van der Waals surface area contributed by atoms with Crippen LogP contribution in [-0.2, 0) is 4.79 Å². The van der Waals surface area contributed by atoms with Crippen LogP contribution in [0.15, 0.2) is 0 Å². The summed E-state index contributed by atoms with van der Waals surface area (Å²) in [4.78, 5) is 11.5. The molecule has 1 fully saturated rings. The summed E-state index contributed by atoms with van der Waals surface area (Å²) in [6.45, 7) is 6.22. The fourth-order valence-electron chi connectivity index (χ4n) is 2.58. The maximum Gasteiger partial charge on any atom is 0.223 e. The van der Waals surface area contributed by atoms with Crippen molar-refractivity contribution in [1.82, 2.24) is 10.6 Å². The molecule has 1 aliphatic carbocycles. The number of nitrogens with one attached hydrogen (secondary N) is 2. The maximum absolute atomic E-state index is 11.5. The summed E-state index contributed by atoms with van der Waals surface area (Å²) in [5.74, 6) is 0.597. The van der Waals surface area contributed by atoms with Crippen LogP contribution in [-0.4, -0.2) is 25.0 Å². The van der Waals surface area contributed by atoms with Gasteiger partial charge in [-0.05, 0) is 25.7 Å². The minimum absolute atomic E-state index is 0.264. The first-order chi connectivity index (χ1) is 9.77. The molecule has 118 valence electrons. The molecule has 0 radical (unpaired) electrons. The van der Waals surface area contributed by atoms with Gasteiger partial charge in [0.2, 0.25) is 5.91 Å². The first kappa shape index (κ1) is 17.5. The lowest BCUT2D eigenvalue weighted by molar-refractivity contribution is -0.122. The van der Waals surface area contributed by atoms with E-state index in [0.29, 0.717) is 12.0 Å². The summed E-state index contributed by atoms with van der Waals surface area (Å²) in [7, 11) is 0. The zero-order valence-electron chi connectivity index (χ0n) is 13.5. The molecule has 20 heavy (non-hydrogen) atoms. The summed E-state index contributed by atoms with van der Waals surface area (Å²) in [6.07, 6.45) is 12.7. The van der Waals surface area contributed by atoms with Gasteiger partial charge in [-0.15, -0.1) is 0 Å². The van der Waals surface area contributed by atoms with Crippen LogP contribution in [0, 0.1) is 5.92 Å². The highest BCUT2D eigenvalue weighted by Gasteiger charge is 2.28. The number of hydrogen-bond donors (Lipinski definition) is 2. The Morgan fingerprint density at radius 2 is 1.60 bits per heavy atom. The van der Waals surface area contributed by atoms with Crippen LogP contribution in [0.4, 0.5) is 0 Å². The molecule has 0 aromatic rings. The van der Waals surface area contributed by atoms with Crippen LogP contribution in [0.5, 0.6) is 0 Å². The average Bonchev–Trinajstić information content (AvgIpc) is 3.27. The number of rotatable bonds is 13. The topological polar surface area (TPSA) is 41.1 Å². The lowest BCUT2D eigenvalue weighted by atomic mass is 10.0. The molecular formula is C17H34N2O. The van der Waals surface area contributed by atoms with Crippen molar-refractivity contribution >= 4 is 5.91 Å². The highest BCUT2D eigenvalue weighted by atomic mass is 16.2.